The van der Waals surface area contributed by atoms with Crippen LogP contribution in [-0.2, 0) is 15.1 Å². The predicted molar refractivity (Wildman–Crippen MR) is 93.8 cm³/mol. The molecule has 2 aliphatic heterocycles. The van der Waals surface area contributed by atoms with E-state index in [9.17, 15) is 9.59 Å². The van der Waals surface area contributed by atoms with Gasteiger partial charge in [-0.25, -0.2) is 4.99 Å². The van der Waals surface area contributed by atoms with Crippen molar-refractivity contribution >= 4 is 23.4 Å². The van der Waals surface area contributed by atoms with Crippen molar-refractivity contribution in [3.05, 3.63) is 65.2 Å². The standard InChI is InChI=1S/C20H18N2O3/c1-12(2)17-21-16-11-7-6-10-15(16)20(25-17)14-9-5-4-8-13(14)18(23)22(3)19(20)24/h4-12H,1-3H3. The lowest BCUT2D eigenvalue weighted by Crippen LogP contribution is -2.56. The van der Waals surface area contributed by atoms with Crippen LogP contribution in [0.2, 0.25) is 0 Å². The van der Waals surface area contributed by atoms with E-state index in [0.717, 1.165) is 4.90 Å². The average Bonchev–Trinajstić information content (AvgIpc) is 2.64. The molecule has 0 N–H and O–H groups in total. The second-order valence-electron chi connectivity index (χ2n) is 6.62. The highest BCUT2D eigenvalue weighted by molar-refractivity contribution is 6.15. The predicted octanol–water partition coefficient (Wildman–Crippen LogP) is 3.26. The summed E-state index contributed by atoms with van der Waals surface area (Å²) in [5.74, 6) is -0.213. The molecule has 5 nitrogen and oxygen atoms in total. The highest BCUT2D eigenvalue weighted by Crippen LogP contribution is 2.47. The molecule has 0 bridgehead atoms. The first-order valence-corrected chi connectivity index (χ1v) is 8.26. The van der Waals surface area contributed by atoms with Crippen LogP contribution in [0.1, 0.15) is 35.3 Å². The van der Waals surface area contributed by atoms with E-state index < -0.39 is 11.5 Å². The van der Waals surface area contributed by atoms with Gasteiger partial charge in [-0.05, 0) is 12.1 Å². The first-order chi connectivity index (χ1) is 12.0. The number of aliphatic imine (C=N–C) groups is 1. The Hall–Kier alpha value is -2.95. The Labute approximate surface area is 145 Å². The van der Waals surface area contributed by atoms with E-state index in [4.69, 9.17) is 4.74 Å². The average molecular weight is 334 g/mol. The molecule has 4 rings (SSSR count). The third kappa shape index (κ3) is 1.98. The topological polar surface area (TPSA) is 59.0 Å². The summed E-state index contributed by atoms with van der Waals surface area (Å²) < 4.78 is 6.27. The zero-order valence-electron chi connectivity index (χ0n) is 14.3. The van der Waals surface area contributed by atoms with E-state index in [1.807, 2.05) is 44.2 Å². The minimum absolute atomic E-state index is 0.00753. The third-order valence-corrected chi connectivity index (χ3v) is 4.71. The molecule has 0 saturated heterocycles. The molecule has 1 unspecified atom stereocenters. The Bertz CT molecular complexity index is 932. The van der Waals surface area contributed by atoms with Gasteiger partial charge in [0.15, 0.2) is 5.90 Å². The molecule has 1 spiro atoms. The van der Waals surface area contributed by atoms with E-state index in [2.05, 4.69) is 4.99 Å². The number of amides is 2. The molecular formula is C20H18N2O3. The van der Waals surface area contributed by atoms with Crippen molar-refractivity contribution in [3.63, 3.8) is 0 Å². The van der Waals surface area contributed by atoms with Crippen molar-refractivity contribution in [1.82, 2.24) is 4.90 Å². The molecule has 5 heteroatoms. The summed E-state index contributed by atoms with van der Waals surface area (Å²) in [6.07, 6.45) is 0. The summed E-state index contributed by atoms with van der Waals surface area (Å²) in [7, 11) is 1.50. The molecule has 1 atom stereocenters. The highest BCUT2D eigenvalue weighted by Gasteiger charge is 2.56. The fourth-order valence-corrected chi connectivity index (χ4v) is 3.43. The Morgan fingerprint density at radius 3 is 2.36 bits per heavy atom. The molecule has 2 heterocycles. The van der Waals surface area contributed by atoms with Crippen LogP contribution in [0.4, 0.5) is 5.69 Å². The monoisotopic (exact) mass is 334 g/mol. The number of rotatable bonds is 1. The number of carbonyl (C=O) groups is 2. The zero-order chi connectivity index (χ0) is 17.8. The van der Waals surface area contributed by atoms with Crippen LogP contribution in [0.5, 0.6) is 0 Å². The number of likely N-dealkylation sites (N-methyl/N-ethyl adjacent to an activating group) is 1. The van der Waals surface area contributed by atoms with Gasteiger partial charge in [0, 0.05) is 29.7 Å². The number of benzene rings is 2. The van der Waals surface area contributed by atoms with Crippen molar-refractivity contribution in [2.45, 2.75) is 19.4 Å². The van der Waals surface area contributed by atoms with Crippen LogP contribution in [-0.4, -0.2) is 29.7 Å². The van der Waals surface area contributed by atoms with E-state index >= 15 is 0 Å². The number of hydrogen-bond donors (Lipinski definition) is 0. The zero-order valence-corrected chi connectivity index (χ0v) is 14.3. The normalized spacial score (nSPS) is 21.8. The van der Waals surface area contributed by atoms with Crippen LogP contribution in [0, 0.1) is 5.92 Å². The molecular weight excluding hydrogens is 316 g/mol. The van der Waals surface area contributed by atoms with Gasteiger partial charge in [-0.2, -0.15) is 0 Å². The molecule has 126 valence electrons. The van der Waals surface area contributed by atoms with Crippen LogP contribution < -0.4 is 0 Å². The Balaban J connectivity index is 2.09. The molecule has 0 radical (unpaired) electrons. The lowest BCUT2D eigenvalue weighted by molar-refractivity contribution is -0.144. The first kappa shape index (κ1) is 15.6. The maximum atomic E-state index is 13.3. The fraction of sp³-hybridized carbons (Fsp3) is 0.250. The number of hydrogen-bond acceptors (Lipinski definition) is 4. The molecule has 25 heavy (non-hydrogen) atoms. The van der Waals surface area contributed by atoms with Gasteiger partial charge in [0.1, 0.15) is 0 Å². The summed E-state index contributed by atoms with van der Waals surface area (Å²) in [4.78, 5) is 31.7. The molecule has 0 aromatic heterocycles. The second kappa shape index (κ2) is 5.28. The summed E-state index contributed by atoms with van der Waals surface area (Å²) in [5, 5.41) is 0. The van der Waals surface area contributed by atoms with Gasteiger partial charge in [-0.3, -0.25) is 14.5 Å². The van der Waals surface area contributed by atoms with Gasteiger partial charge >= 0.3 is 0 Å². The first-order valence-electron chi connectivity index (χ1n) is 8.26. The number of ether oxygens (including phenoxy) is 1. The van der Waals surface area contributed by atoms with Crippen LogP contribution >= 0.6 is 0 Å². The van der Waals surface area contributed by atoms with Gasteiger partial charge in [0.2, 0.25) is 5.60 Å². The number of nitrogens with zero attached hydrogens (tertiary/aromatic N) is 2. The summed E-state index contributed by atoms with van der Waals surface area (Å²) in [5.41, 5.74) is 1.03. The summed E-state index contributed by atoms with van der Waals surface area (Å²) in [6, 6.07) is 14.6. The molecule has 2 aromatic carbocycles. The van der Waals surface area contributed by atoms with E-state index in [0.29, 0.717) is 28.3 Å². The minimum Gasteiger partial charge on any atom is -0.454 e. The Morgan fingerprint density at radius 1 is 1.00 bits per heavy atom. The lowest BCUT2D eigenvalue weighted by atomic mass is 9.78. The van der Waals surface area contributed by atoms with E-state index in [-0.39, 0.29) is 11.8 Å². The Morgan fingerprint density at radius 2 is 1.64 bits per heavy atom. The maximum Gasteiger partial charge on any atom is 0.283 e. The van der Waals surface area contributed by atoms with E-state index in [1.54, 1.807) is 18.2 Å². The lowest BCUT2D eigenvalue weighted by Gasteiger charge is -2.43. The van der Waals surface area contributed by atoms with Crippen LogP contribution in [0.15, 0.2) is 53.5 Å². The molecule has 0 saturated carbocycles. The number of imide groups is 1. The SMILES string of the molecule is CC(C)C1=Nc2ccccc2C2(O1)C(=O)N(C)C(=O)c1ccccc12. The van der Waals surface area contributed by atoms with E-state index in [1.165, 1.54) is 7.05 Å². The number of fused-ring (bicyclic) bond motifs is 4. The second-order valence-corrected chi connectivity index (χ2v) is 6.62. The molecule has 0 aliphatic carbocycles. The van der Waals surface area contributed by atoms with Gasteiger partial charge < -0.3 is 4.74 Å². The Kier molecular flexibility index (Phi) is 3.29. The van der Waals surface area contributed by atoms with Gasteiger partial charge in [-0.15, -0.1) is 0 Å². The largest absolute Gasteiger partial charge is 0.454 e. The fourth-order valence-electron chi connectivity index (χ4n) is 3.43. The molecule has 0 fully saturated rings. The van der Waals surface area contributed by atoms with Gasteiger partial charge in [0.05, 0.1) is 5.69 Å². The number of carbonyl (C=O) groups excluding carboxylic acids is 2. The van der Waals surface area contributed by atoms with Gasteiger partial charge in [0.25, 0.3) is 11.8 Å². The maximum absolute atomic E-state index is 13.3. The highest BCUT2D eigenvalue weighted by atomic mass is 16.5. The smallest absolute Gasteiger partial charge is 0.283 e. The molecule has 2 aliphatic rings. The number of para-hydroxylation sites is 1. The molecule has 2 aromatic rings. The van der Waals surface area contributed by atoms with Crippen LogP contribution in [0.3, 0.4) is 0 Å². The van der Waals surface area contributed by atoms with Crippen molar-refractivity contribution in [2.75, 3.05) is 7.05 Å². The van der Waals surface area contributed by atoms with Crippen molar-refractivity contribution in [3.8, 4) is 0 Å². The molecule has 2 amide bonds. The van der Waals surface area contributed by atoms with Gasteiger partial charge in [-0.1, -0.05) is 50.2 Å². The van der Waals surface area contributed by atoms with Crippen molar-refractivity contribution in [1.29, 1.82) is 0 Å². The summed E-state index contributed by atoms with van der Waals surface area (Å²) >= 11 is 0. The quantitative estimate of drug-likeness (QED) is 0.752. The van der Waals surface area contributed by atoms with Crippen molar-refractivity contribution in [2.24, 2.45) is 10.9 Å². The minimum atomic E-state index is -1.38. The van der Waals surface area contributed by atoms with Crippen LogP contribution in [0.25, 0.3) is 0 Å². The third-order valence-electron chi connectivity index (χ3n) is 4.71. The summed E-state index contributed by atoms with van der Waals surface area (Å²) in [6.45, 7) is 3.93. The van der Waals surface area contributed by atoms with Crippen molar-refractivity contribution < 1.29 is 14.3 Å².